The lowest BCUT2D eigenvalue weighted by Crippen LogP contribution is -2.38. The number of hydrogen-bond donors (Lipinski definition) is 0. The van der Waals surface area contributed by atoms with Crippen LogP contribution >= 0.6 is 11.5 Å². The smallest absolute Gasteiger partial charge is 0.267 e. The topological polar surface area (TPSA) is 73.1 Å². The van der Waals surface area contributed by atoms with Crippen LogP contribution in [0.3, 0.4) is 0 Å². The van der Waals surface area contributed by atoms with Crippen LogP contribution in [0.15, 0.2) is 10.9 Å². The fourth-order valence-electron chi connectivity index (χ4n) is 3.71. The summed E-state index contributed by atoms with van der Waals surface area (Å²) in [7, 11) is 0. The molecule has 1 saturated carbocycles. The predicted molar refractivity (Wildman–Crippen MR) is 94.1 cm³/mol. The lowest BCUT2D eigenvalue weighted by atomic mass is 10.1. The van der Waals surface area contributed by atoms with E-state index >= 15 is 0 Å². The summed E-state index contributed by atoms with van der Waals surface area (Å²) in [6.45, 7) is 2.79. The van der Waals surface area contributed by atoms with Gasteiger partial charge in [0, 0.05) is 42.0 Å². The molecule has 2 aromatic heterocycles. The molecule has 0 aromatic carbocycles. The van der Waals surface area contributed by atoms with Gasteiger partial charge in [0.05, 0.1) is 31.5 Å². The number of rotatable bonds is 4. The first-order valence-corrected chi connectivity index (χ1v) is 9.83. The molecule has 2 fully saturated rings. The SMILES string of the molecule is O=c1cc2c(nn1CC1CCCN1c1nc(C3CC3)ns1)CCOC2. The molecule has 0 amide bonds. The normalized spacial score (nSPS) is 23.0. The molecular formula is C17H21N5O2S. The van der Waals surface area contributed by atoms with Gasteiger partial charge < -0.3 is 9.64 Å². The molecule has 8 heteroatoms. The number of anilines is 1. The van der Waals surface area contributed by atoms with Crippen LogP contribution in [-0.4, -0.2) is 38.3 Å². The molecule has 1 saturated heterocycles. The maximum atomic E-state index is 12.4. The average Bonchev–Trinajstić information content (AvgIpc) is 3.17. The minimum Gasteiger partial charge on any atom is -0.376 e. The summed E-state index contributed by atoms with van der Waals surface area (Å²) in [4.78, 5) is 19.5. The first kappa shape index (κ1) is 15.5. The van der Waals surface area contributed by atoms with Crippen LogP contribution in [0.2, 0.25) is 0 Å². The molecule has 0 radical (unpaired) electrons. The molecule has 1 unspecified atom stereocenters. The van der Waals surface area contributed by atoms with E-state index in [9.17, 15) is 4.79 Å². The Hall–Kier alpha value is -1.80. The van der Waals surface area contributed by atoms with E-state index in [4.69, 9.17) is 9.72 Å². The molecule has 0 bridgehead atoms. The lowest BCUT2D eigenvalue weighted by Gasteiger charge is -2.24. The van der Waals surface area contributed by atoms with E-state index in [1.807, 2.05) is 0 Å². The van der Waals surface area contributed by atoms with E-state index in [-0.39, 0.29) is 11.6 Å². The van der Waals surface area contributed by atoms with Crippen molar-refractivity contribution in [2.24, 2.45) is 0 Å². The zero-order valence-corrected chi connectivity index (χ0v) is 14.9. The van der Waals surface area contributed by atoms with Crippen LogP contribution in [-0.2, 0) is 24.3 Å². The number of hydrogen-bond acceptors (Lipinski definition) is 7. The number of aromatic nitrogens is 4. The van der Waals surface area contributed by atoms with Crippen molar-refractivity contribution in [3.63, 3.8) is 0 Å². The van der Waals surface area contributed by atoms with Crippen molar-refractivity contribution in [3.8, 4) is 0 Å². The third kappa shape index (κ3) is 2.97. The van der Waals surface area contributed by atoms with Crippen molar-refractivity contribution in [1.82, 2.24) is 19.1 Å². The highest BCUT2D eigenvalue weighted by Crippen LogP contribution is 2.40. The van der Waals surface area contributed by atoms with Crippen LogP contribution in [0.25, 0.3) is 0 Å². The van der Waals surface area contributed by atoms with Crippen molar-refractivity contribution in [2.75, 3.05) is 18.1 Å². The second-order valence-electron chi connectivity index (χ2n) is 7.14. The van der Waals surface area contributed by atoms with Gasteiger partial charge in [-0.05, 0) is 25.7 Å². The number of ether oxygens (including phenoxy) is 1. The molecule has 25 heavy (non-hydrogen) atoms. The molecule has 132 valence electrons. The predicted octanol–water partition coefficient (Wildman–Crippen LogP) is 1.71. The zero-order chi connectivity index (χ0) is 16.8. The molecule has 2 aromatic rings. The summed E-state index contributed by atoms with van der Waals surface area (Å²) >= 11 is 1.50. The van der Waals surface area contributed by atoms with Gasteiger partial charge in [-0.2, -0.15) is 9.47 Å². The summed E-state index contributed by atoms with van der Waals surface area (Å²) in [6, 6.07) is 1.96. The van der Waals surface area contributed by atoms with Crippen molar-refractivity contribution < 1.29 is 4.74 Å². The van der Waals surface area contributed by atoms with Crippen LogP contribution in [0.1, 0.15) is 48.7 Å². The quantitative estimate of drug-likeness (QED) is 0.827. The van der Waals surface area contributed by atoms with Gasteiger partial charge in [0.1, 0.15) is 5.82 Å². The van der Waals surface area contributed by atoms with Gasteiger partial charge in [0.25, 0.3) is 5.56 Å². The second kappa shape index (κ2) is 6.17. The Morgan fingerprint density at radius 2 is 2.24 bits per heavy atom. The van der Waals surface area contributed by atoms with E-state index in [0.29, 0.717) is 25.7 Å². The Balaban J connectivity index is 1.38. The van der Waals surface area contributed by atoms with Gasteiger partial charge in [0.15, 0.2) is 0 Å². The lowest BCUT2D eigenvalue weighted by molar-refractivity contribution is 0.108. The van der Waals surface area contributed by atoms with Crippen molar-refractivity contribution in [2.45, 2.75) is 57.2 Å². The van der Waals surface area contributed by atoms with Crippen LogP contribution in [0.4, 0.5) is 5.13 Å². The van der Waals surface area contributed by atoms with Gasteiger partial charge in [0.2, 0.25) is 5.13 Å². The van der Waals surface area contributed by atoms with Gasteiger partial charge in [-0.15, -0.1) is 0 Å². The molecule has 0 N–H and O–H groups in total. The number of nitrogens with zero attached hydrogens (tertiary/aromatic N) is 5. The Morgan fingerprint density at radius 1 is 1.32 bits per heavy atom. The zero-order valence-electron chi connectivity index (χ0n) is 14.1. The molecule has 0 spiro atoms. The monoisotopic (exact) mass is 359 g/mol. The molecular weight excluding hydrogens is 338 g/mol. The summed E-state index contributed by atoms with van der Waals surface area (Å²) < 4.78 is 11.6. The van der Waals surface area contributed by atoms with Crippen LogP contribution in [0, 0.1) is 0 Å². The highest BCUT2D eigenvalue weighted by molar-refractivity contribution is 7.09. The standard InChI is InChI=1S/C17H21N5O2S/c23-15-8-12-10-24-7-5-14(12)19-22(15)9-13-2-1-6-21(13)17-18-16(20-25-17)11-3-4-11/h8,11,13H,1-7,9-10H2. The van der Waals surface area contributed by atoms with Gasteiger partial charge in [-0.25, -0.2) is 9.67 Å². The van der Waals surface area contributed by atoms with E-state index in [2.05, 4.69) is 14.4 Å². The maximum absolute atomic E-state index is 12.4. The summed E-state index contributed by atoms with van der Waals surface area (Å²) in [5.41, 5.74) is 1.91. The summed E-state index contributed by atoms with van der Waals surface area (Å²) in [6.07, 6.45) is 5.41. The van der Waals surface area contributed by atoms with Gasteiger partial charge >= 0.3 is 0 Å². The van der Waals surface area contributed by atoms with Crippen LogP contribution < -0.4 is 10.5 Å². The second-order valence-corrected chi connectivity index (χ2v) is 7.87. The molecule has 1 atom stereocenters. The molecule has 2 aliphatic heterocycles. The molecule has 1 aliphatic carbocycles. The number of fused-ring (bicyclic) bond motifs is 1. The Morgan fingerprint density at radius 3 is 3.12 bits per heavy atom. The first-order chi connectivity index (χ1) is 12.3. The van der Waals surface area contributed by atoms with E-state index in [0.717, 1.165) is 48.0 Å². The first-order valence-electron chi connectivity index (χ1n) is 9.06. The fourth-order valence-corrected chi connectivity index (χ4v) is 4.56. The highest BCUT2D eigenvalue weighted by atomic mass is 32.1. The minimum absolute atomic E-state index is 0.0352. The molecule has 5 rings (SSSR count). The fraction of sp³-hybridized carbons (Fsp3) is 0.647. The average molecular weight is 359 g/mol. The highest BCUT2D eigenvalue weighted by Gasteiger charge is 2.32. The Kier molecular flexibility index (Phi) is 3.82. The summed E-state index contributed by atoms with van der Waals surface area (Å²) in [5.74, 6) is 1.59. The van der Waals surface area contributed by atoms with E-state index < -0.39 is 0 Å². The summed E-state index contributed by atoms with van der Waals surface area (Å²) in [5, 5.41) is 5.62. The molecule has 4 heterocycles. The van der Waals surface area contributed by atoms with Gasteiger partial charge in [-0.1, -0.05) is 0 Å². The third-order valence-corrected chi connectivity index (χ3v) is 6.05. The Bertz CT molecular complexity index is 844. The van der Waals surface area contributed by atoms with Crippen molar-refractivity contribution >= 4 is 16.7 Å². The molecule has 7 nitrogen and oxygen atoms in total. The van der Waals surface area contributed by atoms with Crippen molar-refractivity contribution in [3.05, 3.63) is 33.5 Å². The van der Waals surface area contributed by atoms with Gasteiger partial charge in [-0.3, -0.25) is 4.79 Å². The maximum Gasteiger partial charge on any atom is 0.267 e. The van der Waals surface area contributed by atoms with Crippen molar-refractivity contribution in [1.29, 1.82) is 0 Å². The van der Waals surface area contributed by atoms with E-state index in [1.54, 1.807) is 10.7 Å². The van der Waals surface area contributed by atoms with E-state index in [1.165, 1.54) is 24.4 Å². The van der Waals surface area contributed by atoms with Crippen LogP contribution in [0.5, 0.6) is 0 Å². The Labute approximate surface area is 149 Å². The third-order valence-electron chi connectivity index (χ3n) is 5.28. The molecule has 3 aliphatic rings. The minimum atomic E-state index is -0.0352. The largest absolute Gasteiger partial charge is 0.376 e.